The summed E-state index contributed by atoms with van der Waals surface area (Å²) in [6.07, 6.45) is 2.31. The van der Waals surface area contributed by atoms with Crippen LogP contribution in [0.4, 0.5) is 0 Å². The van der Waals surface area contributed by atoms with Gasteiger partial charge < -0.3 is 5.11 Å². The third-order valence-electron chi connectivity index (χ3n) is 4.00. The zero-order chi connectivity index (χ0) is 11.9. The van der Waals surface area contributed by atoms with E-state index in [1.807, 2.05) is 12.1 Å². The van der Waals surface area contributed by atoms with Crippen LogP contribution < -0.4 is 0 Å². The summed E-state index contributed by atoms with van der Waals surface area (Å²) >= 11 is 0. The van der Waals surface area contributed by atoms with Gasteiger partial charge in [-0.25, -0.2) is 0 Å². The van der Waals surface area contributed by atoms with E-state index in [1.165, 1.54) is 17.5 Å². The first kappa shape index (κ1) is 11.5. The first-order valence-electron chi connectivity index (χ1n) is 6.25. The van der Waals surface area contributed by atoms with E-state index in [-0.39, 0.29) is 0 Å². The van der Waals surface area contributed by atoms with Crippen LogP contribution in [0, 0.1) is 11.3 Å². The average molecular weight is 218 g/mol. The molecule has 1 aliphatic carbocycles. The number of phenols is 1. The van der Waals surface area contributed by atoms with Crippen LogP contribution in [0.5, 0.6) is 5.75 Å². The molecule has 0 fully saturated rings. The normalized spacial score (nSPS) is 24.5. The molecule has 1 nitrogen and oxygen atoms in total. The molecule has 1 heteroatoms. The molecule has 1 aliphatic rings. The van der Waals surface area contributed by atoms with Crippen LogP contribution in [0.15, 0.2) is 18.2 Å². The van der Waals surface area contributed by atoms with Crippen LogP contribution in [0.2, 0.25) is 0 Å². The van der Waals surface area contributed by atoms with Gasteiger partial charge in [0.15, 0.2) is 0 Å². The number of rotatable bonds is 1. The monoisotopic (exact) mass is 218 g/mol. The van der Waals surface area contributed by atoms with E-state index in [1.54, 1.807) is 0 Å². The number of phenolic OH excluding ortho intramolecular Hbond substituents is 1. The van der Waals surface area contributed by atoms with E-state index in [0.29, 0.717) is 23.0 Å². The Morgan fingerprint density at radius 3 is 2.56 bits per heavy atom. The molecule has 1 N–H and O–H groups in total. The molecule has 0 aliphatic heterocycles. The first-order valence-corrected chi connectivity index (χ1v) is 6.25. The van der Waals surface area contributed by atoms with Crippen molar-refractivity contribution in [2.24, 2.45) is 11.3 Å². The van der Waals surface area contributed by atoms with Gasteiger partial charge in [0.1, 0.15) is 5.75 Å². The predicted octanol–water partition coefficient (Wildman–Crippen LogP) is 4.10. The predicted molar refractivity (Wildman–Crippen MR) is 67.8 cm³/mol. The topological polar surface area (TPSA) is 20.2 Å². The SMILES string of the molecule is CCC1c2ccc(O)cc2CC1C(C)(C)C. The maximum atomic E-state index is 9.54. The maximum absolute atomic E-state index is 9.54. The molecule has 0 spiro atoms. The second-order valence-electron chi connectivity index (χ2n) is 6.07. The number of fused-ring (bicyclic) bond motifs is 1. The summed E-state index contributed by atoms with van der Waals surface area (Å²) in [6.45, 7) is 9.25. The Labute approximate surface area is 98.5 Å². The number of benzene rings is 1. The van der Waals surface area contributed by atoms with Crippen molar-refractivity contribution in [2.45, 2.75) is 46.5 Å². The molecule has 0 aromatic heterocycles. The number of hydrogen-bond acceptors (Lipinski definition) is 1. The van der Waals surface area contributed by atoms with Crippen molar-refractivity contribution in [1.82, 2.24) is 0 Å². The highest BCUT2D eigenvalue weighted by atomic mass is 16.3. The summed E-state index contributed by atoms with van der Waals surface area (Å²) in [4.78, 5) is 0. The Hall–Kier alpha value is -0.980. The van der Waals surface area contributed by atoms with Crippen LogP contribution in [-0.4, -0.2) is 5.11 Å². The number of hydrogen-bond donors (Lipinski definition) is 1. The summed E-state index contributed by atoms with van der Waals surface area (Å²) in [5, 5.41) is 9.54. The van der Waals surface area contributed by atoms with Gasteiger partial charge in [0, 0.05) is 0 Å². The van der Waals surface area contributed by atoms with E-state index in [0.717, 1.165) is 6.42 Å². The molecule has 1 aromatic rings. The lowest BCUT2D eigenvalue weighted by Gasteiger charge is -2.32. The van der Waals surface area contributed by atoms with Crippen LogP contribution in [-0.2, 0) is 6.42 Å². The van der Waals surface area contributed by atoms with Gasteiger partial charge in [-0.2, -0.15) is 0 Å². The highest BCUT2D eigenvalue weighted by Crippen LogP contribution is 2.48. The molecular weight excluding hydrogens is 196 g/mol. The van der Waals surface area contributed by atoms with E-state index in [9.17, 15) is 5.11 Å². The second-order valence-corrected chi connectivity index (χ2v) is 6.07. The molecule has 0 bridgehead atoms. The van der Waals surface area contributed by atoms with E-state index in [2.05, 4.69) is 33.8 Å². The Kier molecular flexibility index (Phi) is 2.73. The molecule has 0 amide bonds. The van der Waals surface area contributed by atoms with Crippen molar-refractivity contribution in [3.8, 4) is 5.75 Å². The van der Waals surface area contributed by atoms with Gasteiger partial charge >= 0.3 is 0 Å². The fourth-order valence-electron chi connectivity index (χ4n) is 3.14. The largest absolute Gasteiger partial charge is 0.508 e. The molecule has 2 unspecified atom stereocenters. The zero-order valence-corrected chi connectivity index (χ0v) is 10.7. The summed E-state index contributed by atoms with van der Waals surface area (Å²) in [5.74, 6) is 1.77. The van der Waals surface area contributed by atoms with Crippen LogP contribution in [0.3, 0.4) is 0 Å². The lowest BCUT2D eigenvalue weighted by molar-refractivity contribution is 0.211. The Morgan fingerprint density at radius 2 is 2.00 bits per heavy atom. The highest BCUT2D eigenvalue weighted by Gasteiger charge is 2.38. The van der Waals surface area contributed by atoms with Crippen LogP contribution >= 0.6 is 0 Å². The standard InChI is InChI=1S/C15H22O/c1-5-12-13-7-6-11(16)8-10(13)9-14(12)15(2,3)4/h6-8,12,14,16H,5,9H2,1-4H3. The Bertz CT molecular complexity index is 387. The lowest BCUT2D eigenvalue weighted by Crippen LogP contribution is -2.24. The van der Waals surface area contributed by atoms with Crippen molar-refractivity contribution < 1.29 is 5.11 Å². The van der Waals surface area contributed by atoms with Crippen molar-refractivity contribution in [2.75, 3.05) is 0 Å². The summed E-state index contributed by atoms with van der Waals surface area (Å²) in [6, 6.07) is 5.89. The molecule has 0 radical (unpaired) electrons. The van der Waals surface area contributed by atoms with Crippen molar-refractivity contribution in [3.05, 3.63) is 29.3 Å². The van der Waals surface area contributed by atoms with Gasteiger partial charge in [0.25, 0.3) is 0 Å². The average Bonchev–Trinajstić information content (AvgIpc) is 2.54. The van der Waals surface area contributed by atoms with Gasteiger partial charge in [-0.3, -0.25) is 0 Å². The van der Waals surface area contributed by atoms with Crippen molar-refractivity contribution in [3.63, 3.8) is 0 Å². The smallest absolute Gasteiger partial charge is 0.115 e. The van der Waals surface area contributed by atoms with E-state index < -0.39 is 0 Å². The van der Waals surface area contributed by atoms with Gasteiger partial charge in [0.05, 0.1) is 0 Å². The van der Waals surface area contributed by atoms with Gasteiger partial charge in [0.2, 0.25) is 0 Å². The molecule has 0 heterocycles. The second kappa shape index (κ2) is 3.80. The fraction of sp³-hybridized carbons (Fsp3) is 0.600. The molecule has 2 rings (SSSR count). The maximum Gasteiger partial charge on any atom is 0.115 e. The molecular formula is C15H22O. The molecule has 0 saturated heterocycles. The lowest BCUT2D eigenvalue weighted by atomic mass is 9.73. The van der Waals surface area contributed by atoms with Gasteiger partial charge in [-0.05, 0) is 53.4 Å². The Balaban J connectivity index is 2.40. The third kappa shape index (κ3) is 1.83. The van der Waals surface area contributed by atoms with Gasteiger partial charge in [-0.15, -0.1) is 0 Å². The van der Waals surface area contributed by atoms with Gasteiger partial charge in [-0.1, -0.05) is 33.8 Å². The molecule has 0 saturated carbocycles. The molecule has 1 aromatic carbocycles. The zero-order valence-electron chi connectivity index (χ0n) is 10.7. The minimum atomic E-state index is 0.343. The van der Waals surface area contributed by atoms with Crippen molar-refractivity contribution >= 4 is 0 Å². The molecule has 2 atom stereocenters. The summed E-state index contributed by atoms with van der Waals surface area (Å²) < 4.78 is 0. The quantitative estimate of drug-likeness (QED) is 0.752. The fourth-order valence-corrected chi connectivity index (χ4v) is 3.14. The summed E-state index contributed by atoms with van der Waals surface area (Å²) in [5.41, 5.74) is 3.15. The Morgan fingerprint density at radius 1 is 1.31 bits per heavy atom. The van der Waals surface area contributed by atoms with E-state index in [4.69, 9.17) is 0 Å². The highest BCUT2D eigenvalue weighted by molar-refractivity contribution is 5.41. The third-order valence-corrected chi connectivity index (χ3v) is 4.00. The van der Waals surface area contributed by atoms with Crippen LogP contribution in [0.25, 0.3) is 0 Å². The minimum Gasteiger partial charge on any atom is -0.508 e. The first-order chi connectivity index (χ1) is 7.43. The molecule has 88 valence electrons. The van der Waals surface area contributed by atoms with E-state index >= 15 is 0 Å². The van der Waals surface area contributed by atoms with Crippen LogP contribution in [0.1, 0.15) is 51.2 Å². The number of aromatic hydroxyl groups is 1. The minimum absolute atomic E-state index is 0.343. The molecule has 16 heavy (non-hydrogen) atoms. The summed E-state index contributed by atoms with van der Waals surface area (Å²) in [7, 11) is 0. The van der Waals surface area contributed by atoms with Crippen molar-refractivity contribution in [1.29, 1.82) is 0 Å².